The summed E-state index contributed by atoms with van der Waals surface area (Å²) in [7, 11) is -2.96. The highest BCUT2D eigenvalue weighted by molar-refractivity contribution is 7.64. The van der Waals surface area contributed by atoms with Crippen molar-refractivity contribution in [1.82, 2.24) is 5.32 Å². The Kier molecular flexibility index (Phi) is 11.8. The van der Waals surface area contributed by atoms with Crippen LogP contribution in [0.3, 0.4) is 0 Å². The summed E-state index contributed by atoms with van der Waals surface area (Å²) in [4.78, 5) is 61.7. The largest absolute Gasteiger partial charge is 0.443 e. The molecule has 5 N–H and O–H groups in total. The maximum atomic E-state index is 14.4. The number of anilines is 2. The minimum Gasteiger partial charge on any atom is -0.443 e. The normalized spacial score (nSPS) is 17.6. The summed E-state index contributed by atoms with van der Waals surface area (Å²) in [5.74, 6) is -0.329. The lowest BCUT2D eigenvalue weighted by atomic mass is 10.1. The number of nitrogens with one attached hydrogen (secondary N) is 1. The molecule has 2 aromatic rings. The molecular weight excluding hydrogens is 539 g/mol. The average Bonchev–Trinajstić information content (AvgIpc) is 3.28. The molecule has 38 heavy (non-hydrogen) atoms. The Labute approximate surface area is 222 Å². The Bertz CT molecular complexity index is 1050. The number of aldehydes is 1. The minimum atomic E-state index is -2.38. The number of nitrogens with zero attached hydrogens (tertiary/aromatic N) is 2. The molecule has 0 aromatic heterocycles. The topological polar surface area (TPSA) is 152 Å². The van der Waals surface area contributed by atoms with Gasteiger partial charge in [-0.2, -0.15) is 0 Å². The second-order valence-corrected chi connectivity index (χ2v) is 11.5. The van der Waals surface area contributed by atoms with Crippen molar-refractivity contribution >= 4 is 40.5 Å². The van der Waals surface area contributed by atoms with Crippen molar-refractivity contribution in [1.29, 1.82) is 0 Å². The van der Waals surface area contributed by atoms with E-state index in [0.717, 1.165) is 5.56 Å². The van der Waals surface area contributed by atoms with Crippen LogP contribution >= 0.6 is 16.8 Å². The lowest BCUT2D eigenvalue weighted by Crippen LogP contribution is -2.36. The molecule has 0 saturated carbocycles. The molecule has 1 unspecified atom stereocenters. The van der Waals surface area contributed by atoms with Crippen LogP contribution in [0.15, 0.2) is 42.5 Å². The fourth-order valence-electron chi connectivity index (χ4n) is 3.99. The maximum Gasteiger partial charge on any atom is 0.414 e. The van der Waals surface area contributed by atoms with Crippen molar-refractivity contribution in [3.63, 3.8) is 0 Å². The number of morpholine rings is 1. The van der Waals surface area contributed by atoms with Crippen LogP contribution in [0.1, 0.15) is 15.9 Å². The molecule has 0 radical (unpaired) electrons. The van der Waals surface area contributed by atoms with Crippen molar-refractivity contribution < 1.29 is 43.0 Å². The standard InChI is InChI=1S/C15H20FN3O3.C9H12O5P2/c1-17-9-12-10-19(15(20)22-12)11-2-3-14(13(16)8-11)18-4-6-21-7-5-18;10-6-8-3-1-7(2-4-8)5-9(15(11)12)16(13)14/h2-3,8,12,17H,4-7,9-10H2,1H3;1-4,6,9,11-14H,5H2. The van der Waals surface area contributed by atoms with Gasteiger partial charge in [0.1, 0.15) is 23.6 Å². The second kappa shape index (κ2) is 14.8. The molecule has 208 valence electrons. The fraction of sp³-hybridized carbons (Fsp3) is 0.417. The van der Waals surface area contributed by atoms with Gasteiger partial charge in [0.05, 0.1) is 31.1 Å². The zero-order chi connectivity index (χ0) is 27.7. The van der Waals surface area contributed by atoms with Gasteiger partial charge in [0.25, 0.3) is 0 Å². The number of rotatable bonds is 9. The number of carbonyl (C=O) groups excluding carboxylic acids is 2. The van der Waals surface area contributed by atoms with E-state index in [1.807, 2.05) is 4.90 Å². The smallest absolute Gasteiger partial charge is 0.414 e. The molecule has 0 bridgehead atoms. The summed E-state index contributed by atoms with van der Waals surface area (Å²) in [6, 6.07) is 11.4. The van der Waals surface area contributed by atoms with Crippen LogP contribution in [-0.2, 0) is 15.9 Å². The van der Waals surface area contributed by atoms with Gasteiger partial charge in [-0.25, -0.2) is 9.18 Å². The first-order valence-corrected chi connectivity index (χ1v) is 14.5. The molecule has 2 aliphatic rings. The average molecular weight is 571 g/mol. The Balaban J connectivity index is 0.000000223. The van der Waals surface area contributed by atoms with Gasteiger partial charge < -0.3 is 39.3 Å². The van der Waals surface area contributed by atoms with Gasteiger partial charge in [-0.3, -0.25) is 9.69 Å². The van der Waals surface area contributed by atoms with Gasteiger partial charge in [-0.1, -0.05) is 24.3 Å². The summed E-state index contributed by atoms with van der Waals surface area (Å²) < 4.78 is 24.9. The molecule has 0 spiro atoms. The third-order valence-corrected chi connectivity index (χ3v) is 8.64. The molecule has 14 heteroatoms. The monoisotopic (exact) mass is 571 g/mol. The molecule has 4 rings (SSSR count). The number of cyclic esters (lactones) is 1. The van der Waals surface area contributed by atoms with Crippen LogP contribution < -0.4 is 15.1 Å². The molecule has 2 aliphatic heterocycles. The Morgan fingerprint density at radius 2 is 1.76 bits per heavy atom. The van der Waals surface area contributed by atoms with Gasteiger partial charge in [0.15, 0.2) is 16.8 Å². The van der Waals surface area contributed by atoms with E-state index in [0.29, 0.717) is 62.6 Å². The maximum absolute atomic E-state index is 14.4. The number of halogens is 1. The third-order valence-electron chi connectivity index (χ3n) is 5.97. The number of hydrogen-bond donors (Lipinski definition) is 5. The fourth-order valence-corrected chi connectivity index (χ4v) is 5.48. The molecule has 1 atom stereocenters. The Hall–Kier alpha value is -2.27. The zero-order valence-electron chi connectivity index (χ0n) is 20.8. The molecule has 0 aliphatic carbocycles. The molecule has 2 fully saturated rings. The van der Waals surface area contributed by atoms with Gasteiger partial charge in [0.2, 0.25) is 0 Å². The summed E-state index contributed by atoms with van der Waals surface area (Å²) in [6.07, 6.45) is 0.228. The van der Waals surface area contributed by atoms with E-state index in [1.54, 1.807) is 43.4 Å². The predicted molar refractivity (Wildman–Crippen MR) is 143 cm³/mol. The number of benzene rings is 2. The van der Waals surface area contributed by atoms with Crippen molar-refractivity contribution in [2.24, 2.45) is 0 Å². The van der Waals surface area contributed by atoms with Crippen molar-refractivity contribution in [3.05, 3.63) is 59.4 Å². The lowest BCUT2D eigenvalue weighted by molar-refractivity contribution is 0.112. The SMILES string of the molecule is CNCC1CN(c2ccc(N3CCOCC3)c(F)c2)C(=O)O1.O=Cc1ccc(CC(P(O)O)P(O)O)cc1. The van der Waals surface area contributed by atoms with E-state index in [-0.39, 0.29) is 18.3 Å². The van der Waals surface area contributed by atoms with Crippen molar-refractivity contribution in [3.8, 4) is 0 Å². The molecule has 2 aromatic carbocycles. The number of carbonyl (C=O) groups is 2. The van der Waals surface area contributed by atoms with E-state index in [1.165, 1.54) is 11.0 Å². The highest BCUT2D eigenvalue weighted by Gasteiger charge is 2.32. The quantitative estimate of drug-likeness (QED) is 0.224. The van der Waals surface area contributed by atoms with E-state index in [4.69, 9.17) is 29.0 Å². The summed E-state index contributed by atoms with van der Waals surface area (Å²) >= 11 is 0. The van der Waals surface area contributed by atoms with Crippen LogP contribution in [0, 0.1) is 5.82 Å². The molecule has 11 nitrogen and oxygen atoms in total. The van der Waals surface area contributed by atoms with Gasteiger partial charge in [-0.05, 0) is 37.2 Å². The number of amides is 1. The first-order valence-electron chi connectivity index (χ1n) is 11.9. The predicted octanol–water partition coefficient (Wildman–Crippen LogP) is 2.17. The van der Waals surface area contributed by atoms with Crippen LogP contribution in [-0.4, -0.2) is 89.9 Å². The van der Waals surface area contributed by atoms with Crippen molar-refractivity contribution in [2.45, 2.75) is 17.9 Å². The highest BCUT2D eigenvalue weighted by Crippen LogP contribution is 2.50. The first kappa shape index (κ1) is 30.3. The van der Waals surface area contributed by atoms with Gasteiger partial charge in [0, 0.05) is 25.2 Å². The zero-order valence-corrected chi connectivity index (χ0v) is 22.6. The lowest BCUT2D eigenvalue weighted by Gasteiger charge is -2.29. The van der Waals surface area contributed by atoms with Crippen LogP contribution in [0.25, 0.3) is 0 Å². The van der Waals surface area contributed by atoms with Gasteiger partial charge >= 0.3 is 6.09 Å². The van der Waals surface area contributed by atoms with Gasteiger partial charge in [-0.15, -0.1) is 0 Å². The van der Waals surface area contributed by atoms with Crippen LogP contribution in [0.4, 0.5) is 20.6 Å². The number of hydrogen-bond acceptors (Lipinski definition) is 10. The number of likely N-dealkylation sites (N-methyl/N-ethyl adjacent to an activating group) is 1. The van der Waals surface area contributed by atoms with E-state index in [9.17, 15) is 14.0 Å². The number of ether oxygens (including phenoxy) is 2. The second-order valence-electron chi connectivity index (χ2n) is 8.59. The van der Waals surface area contributed by atoms with E-state index >= 15 is 0 Å². The Morgan fingerprint density at radius 1 is 1.11 bits per heavy atom. The molecule has 2 saturated heterocycles. The van der Waals surface area contributed by atoms with E-state index < -0.39 is 28.2 Å². The summed E-state index contributed by atoms with van der Waals surface area (Å²) in [5.41, 5.74) is 2.32. The first-order chi connectivity index (χ1) is 18.2. The highest BCUT2D eigenvalue weighted by atomic mass is 31.2. The minimum absolute atomic E-state index is 0.163. The third kappa shape index (κ3) is 8.36. The van der Waals surface area contributed by atoms with Crippen LogP contribution in [0.5, 0.6) is 0 Å². The van der Waals surface area contributed by atoms with Crippen molar-refractivity contribution in [2.75, 3.05) is 56.2 Å². The Morgan fingerprint density at radius 3 is 2.32 bits per heavy atom. The summed E-state index contributed by atoms with van der Waals surface area (Å²) in [6.45, 7) is 3.56. The molecule has 2 heterocycles. The summed E-state index contributed by atoms with van der Waals surface area (Å²) in [5, 5.41) is 2.03. The van der Waals surface area contributed by atoms with Crippen LogP contribution in [0.2, 0.25) is 0 Å². The molecular formula is C24H32FN3O8P2. The van der Waals surface area contributed by atoms with E-state index in [2.05, 4.69) is 5.32 Å². The molecule has 1 amide bonds.